The van der Waals surface area contributed by atoms with E-state index in [1.54, 1.807) is 0 Å². The molecule has 0 aliphatic rings. The fourth-order valence-electron chi connectivity index (χ4n) is 3.13. The van der Waals surface area contributed by atoms with E-state index in [0.29, 0.717) is 12.4 Å². The number of rotatable bonds is 7. The van der Waals surface area contributed by atoms with Gasteiger partial charge in [-0.25, -0.2) is 14.8 Å². The molecule has 0 fully saturated rings. The third-order valence-electron chi connectivity index (χ3n) is 4.24. The maximum absolute atomic E-state index is 10.7. The van der Waals surface area contributed by atoms with Gasteiger partial charge < -0.3 is 20.8 Å². The number of pyridine rings is 1. The highest BCUT2D eigenvalue weighted by Gasteiger charge is 2.17. The van der Waals surface area contributed by atoms with Crippen molar-refractivity contribution in [3.8, 4) is 0 Å². The SMILES string of the molecule is CCCc1nc2c(N)nc3cc(Br)ccc3c2n1CCCCOC(N)=O. The summed E-state index contributed by atoms with van der Waals surface area (Å²) in [5.74, 6) is 1.45. The van der Waals surface area contributed by atoms with Gasteiger partial charge in [0.1, 0.15) is 11.3 Å². The number of hydrogen-bond donors (Lipinski definition) is 2. The Hall–Kier alpha value is -2.35. The molecule has 3 aromatic rings. The van der Waals surface area contributed by atoms with E-state index in [-0.39, 0.29) is 0 Å². The number of aryl methyl sites for hydroxylation is 2. The van der Waals surface area contributed by atoms with Gasteiger partial charge >= 0.3 is 6.09 Å². The highest BCUT2D eigenvalue weighted by molar-refractivity contribution is 9.10. The van der Waals surface area contributed by atoms with E-state index < -0.39 is 6.09 Å². The number of halogens is 1. The molecule has 0 bridgehead atoms. The minimum Gasteiger partial charge on any atom is -0.450 e. The maximum atomic E-state index is 10.7. The number of amides is 1. The quantitative estimate of drug-likeness (QED) is 0.566. The first-order valence-electron chi connectivity index (χ1n) is 8.67. The Labute approximate surface area is 159 Å². The van der Waals surface area contributed by atoms with Crippen LogP contribution in [0.4, 0.5) is 10.6 Å². The largest absolute Gasteiger partial charge is 0.450 e. The van der Waals surface area contributed by atoms with Crippen molar-refractivity contribution in [2.45, 2.75) is 39.2 Å². The molecule has 0 atom stereocenters. The lowest BCUT2D eigenvalue weighted by molar-refractivity contribution is 0.154. The van der Waals surface area contributed by atoms with Crippen molar-refractivity contribution in [1.29, 1.82) is 0 Å². The fourth-order valence-corrected chi connectivity index (χ4v) is 3.48. The van der Waals surface area contributed by atoms with Crippen LogP contribution in [0.25, 0.3) is 21.9 Å². The minimum absolute atomic E-state index is 0.322. The average molecular weight is 420 g/mol. The van der Waals surface area contributed by atoms with E-state index in [1.807, 2.05) is 18.2 Å². The van der Waals surface area contributed by atoms with Crippen LogP contribution in [-0.4, -0.2) is 27.2 Å². The molecule has 0 aliphatic heterocycles. The van der Waals surface area contributed by atoms with Gasteiger partial charge in [0.15, 0.2) is 5.82 Å². The highest BCUT2D eigenvalue weighted by atomic mass is 79.9. The first-order valence-corrected chi connectivity index (χ1v) is 9.46. The molecule has 8 heteroatoms. The van der Waals surface area contributed by atoms with Crippen LogP contribution in [0, 0.1) is 0 Å². The number of anilines is 1. The summed E-state index contributed by atoms with van der Waals surface area (Å²) in [5.41, 5.74) is 13.8. The molecule has 7 nitrogen and oxygen atoms in total. The normalized spacial score (nSPS) is 11.3. The van der Waals surface area contributed by atoms with Crippen LogP contribution < -0.4 is 11.5 Å². The predicted octanol–water partition coefficient (Wildman–Crippen LogP) is 3.76. The average Bonchev–Trinajstić information content (AvgIpc) is 2.94. The number of hydrogen-bond acceptors (Lipinski definition) is 5. The molecule has 4 N–H and O–H groups in total. The van der Waals surface area contributed by atoms with Crippen molar-refractivity contribution in [2.75, 3.05) is 12.3 Å². The van der Waals surface area contributed by atoms with Gasteiger partial charge in [-0.05, 0) is 37.5 Å². The van der Waals surface area contributed by atoms with Gasteiger partial charge in [0.25, 0.3) is 0 Å². The number of primary amides is 1. The topological polar surface area (TPSA) is 109 Å². The number of nitrogens with two attached hydrogens (primary N) is 2. The predicted molar refractivity (Wildman–Crippen MR) is 106 cm³/mol. The van der Waals surface area contributed by atoms with Gasteiger partial charge in [-0.3, -0.25) is 0 Å². The minimum atomic E-state index is -0.736. The number of ether oxygens (including phenoxy) is 1. The summed E-state index contributed by atoms with van der Waals surface area (Å²) in [7, 11) is 0. The van der Waals surface area contributed by atoms with Crippen LogP contribution in [0.5, 0.6) is 0 Å². The van der Waals surface area contributed by atoms with E-state index in [0.717, 1.165) is 64.5 Å². The maximum Gasteiger partial charge on any atom is 0.404 e. The van der Waals surface area contributed by atoms with E-state index >= 15 is 0 Å². The number of benzene rings is 1. The van der Waals surface area contributed by atoms with Crippen molar-refractivity contribution < 1.29 is 9.53 Å². The molecule has 3 rings (SSSR count). The lowest BCUT2D eigenvalue weighted by Crippen LogP contribution is -2.14. The summed E-state index contributed by atoms with van der Waals surface area (Å²) in [4.78, 5) is 19.9. The lowest BCUT2D eigenvalue weighted by atomic mass is 10.2. The Morgan fingerprint density at radius 3 is 2.85 bits per heavy atom. The molecular formula is C18H22BrN5O2. The van der Waals surface area contributed by atoms with Gasteiger partial charge in [-0.1, -0.05) is 22.9 Å². The van der Waals surface area contributed by atoms with Gasteiger partial charge in [-0.2, -0.15) is 0 Å². The molecular weight excluding hydrogens is 398 g/mol. The number of nitrogen functional groups attached to an aromatic ring is 1. The molecule has 1 amide bonds. The molecule has 138 valence electrons. The Morgan fingerprint density at radius 1 is 1.31 bits per heavy atom. The van der Waals surface area contributed by atoms with Crippen LogP contribution in [0.15, 0.2) is 22.7 Å². The van der Waals surface area contributed by atoms with Crippen LogP contribution in [-0.2, 0) is 17.7 Å². The van der Waals surface area contributed by atoms with Crippen LogP contribution in [0.2, 0.25) is 0 Å². The molecule has 0 saturated heterocycles. The van der Waals surface area contributed by atoms with Crippen molar-refractivity contribution in [1.82, 2.24) is 14.5 Å². The standard InChI is InChI=1S/C18H22BrN5O2/c1-2-5-14-23-15-16(24(14)8-3-4-9-26-18(21)25)12-7-6-11(19)10-13(12)22-17(15)20/h6-7,10H,2-5,8-9H2,1H3,(H2,20,22)(H2,21,25). The molecule has 0 aliphatic carbocycles. The zero-order valence-corrected chi connectivity index (χ0v) is 16.3. The second-order valence-corrected chi connectivity index (χ2v) is 7.08. The molecule has 1 aromatic carbocycles. The van der Waals surface area contributed by atoms with E-state index in [4.69, 9.17) is 21.2 Å². The number of fused-ring (bicyclic) bond motifs is 3. The molecule has 0 unspecified atom stereocenters. The molecule has 0 saturated carbocycles. The molecule has 2 heterocycles. The second-order valence-electron chi connectivity index (χ2n) is 6.16. The van der Waals surface area contributed by atoms with Crippen LogP contribution in [0.3, 0.4) is 0 Å². The number of nitrogens with zero attached hydrogens (tertiary/aromatic N) is 3. The monoisotopic (exact) mass is 419 g/mol. The number of carbonyl (C=O) groups is 1. The number of aromatic nitrogens is 3. The van der Waals surface area contributed by atoms with E-state index in [2.05, 4.69) is 32.4 Å². The zero-order valence-electron chi connectivity index (χ0n) is 14.7. The summed E-state index contributed by atoms with van der Waals surface area (Å²) >= 11 is 3.49. The third-order valence-corrected chi connectivity index (χ3v) is 4.73. The number of imidazole rings is 1. The van der Waals surface area contributed by atoms with Crippen LogP contribution >= 0.6 is 15.9 Å². The van der Waals surface area contributed by atoms with Gasteiger partial charge in [-0.15, -0.1) is 0 Å². The summed E-state index contributed by atoms with van der Waals surface area (Å²) < 4.78 is 7.99. The van der Waals surface area contributed by atoms with E-state index in [1.165, 1.54) is 0 Å². The van der Waals surface area contributed by atoms with Crippen molar-refractivity contribution in [2.24, 2.45) is 5.73 Å². The highest BCUT2D eigenvalue weighted by Crippen LogP contribution is 2.31. The molecule has 0 spiro atoms. The summed E-state index contributed by atoms with van der Waals surface area (Å²) in [6.45, 7) is 3.21. The summed E-state index contributed by atoms with van der Waals surface area (Å²) in [6.07, 6.45) is 2.70. The van der Waals surface area contributed by atoms with E-state index in [9.17, 15) is 4.79 Å². The second kappa shape index (κ2) is 7.90. The molecule has 2 aromatic heterocycles. The summed E-state index contributed by atoms with van der Waals surface area (Å²) in [5, 5.41) is 1.03. The van der Waals surface area contributed by atoms with Crippen LogP contribution in [0.1, 0.15) is 32.0 Å². The Morgan fingerprint density at radius 2 is 2.12 bits per heavy atom. The smallest absolute Gasteiger partial charge is 0.404 e. The molecule has 0 radical (unpaired) electrons. The van der Waals surface area contributed by atoms with Gasteiger partial charge in [0.05, 0.1) is 17.6 Å². The first-order chi connectivity index (χ1) is 12.5. The number of unbranched alkanes of at least 4 members (excludes halogenated alkanes) is 1. The van der Waals surface area contributed by atoms with Gasteiger partial charge in [0, 0.05) is 22.8 Å². The molecule has 26 heavy (non-hydrogen) atoms. The third kappa shape index (κ3) is 3.75. The van der Waals surface area contributed by atoms with Crippen molar-refractivity contribution in [3.63, 3.8) is 0 Å². The Kier molecular flexibility index (Phi) is 5.61. The fraction of sp³-hybridized carbons (Fsp3) is 0.389. The first kappa shape index (κ1) is 18.4. The zero-order chi connectivity index (χ0) is 18.7. The lowest BCUT2D eigenvalue weighted by Gasteiger charge is -2.11. The Balaban J connectivity index is 2.01. The van der Waals surface area contributed by atoms with Gasteiger partial charge in [0.2, 0.25) is 0 Å². The summed E-state index contributed by atoms with van der Waals surface area (Å²) in [6, 6.07) is 6.00. The van der Waals surface area contributed by atoms with Crippen molar-refractivity contribution in [3.05, 3.63) is 28.5 Å². The number of carbonyl (C=O) groups excluding carboxylic acids is 1. The Bertz CT molecular complexity index is 954. The van der Waals surface area contributed by atoms with Crippen molar-refractivity contribution >= 4 is 49.8 Å².